The van der Waals surface area contributed by atoms with Crippen molar-refractivity contribution < 1.29 is 5.21 Å². The molecule has 1 aliphatic rings. The quantitative estimate of drug-likeness (QED) is 0.324. The minimum absolute atomic E-state index is 0.688. The van der Waals surface area contributed by atoms with Gasteiger partial charge >= 0.3 is 0 Å². The maximum absolute atomic E-state index is 8.37. The van der Waals surface area contributed by atoms with E-state index in [2.05, 4.69) is 25.6 Å². The van der Waals surface area contributed by atoms with Crippen LogP contribution in [0.4, 0.5) is 0 Å². The topological polar surface area (TPSA) is 32.6 Å². The lowest BCUT2D eigenvalue weighted by molar-refractivity contribution is 0.207. The zero-order valence-corrected chi connectivity index (χ0v) is 9.95. The summed E-state index contributed by atoms with van der Waals surface area (Å²) in [6, 6.07) is 0. The Hall–Kier alpha value is -0.790. The molecule has 0 aromatic heterocycles. The predicted molar refractivity (Wildman–Crippen MR) is 64.3 cm³/mol. The highest BCUT2D eigenvalue weighted by atomic mass is 16.4. The molecular weight excluding hydrogens is 186 g/mol. The van der Waals surface area contributed by atoms with Crippen molar-refractivity contribution in [2.75, 3.05) is 0 Å². The van der Waals surface area contributed by atoms with E-state index >= 15 is 0 Å². The third-order valence-corrected chi connectivity index (χ3v) is 3.63. The van der Waals surface area contributed by atoms with Crippen molar-refractivity contribution in [3.05, 3.63) is 12.2 Å². The summed E-state index contributed by atoms with van der Waals surface area (Å²) in [5.41, 5.74) is 1.33. The van der Waals surface area contributed by atoms with Crippen LogP contribution in [0.3, 0.4) is 0 Å². The molecule has 2 heteroatoms. The van der Waals surface area contributed by atoms with Gasteiger partial charge in [-0.25, -0.2) is 0 Å². The molecule has 0 bridgehead atoms. The van der Waals surface area contributed by atoms with Gasteiger partial charge in [0.1, 0.15) is 0 Å². The van der Waals surface area contributed by atoms with Crippen LogP contribution in [0.15, 0.2) is 17.3 Å². The Bertz CT molecular complexity index is 235. The Labute approximate surface area is 93.1 Å². The van der Waals surface area contributed by atoms with Gasteiger partial charge in [0, 0.05) is 6.21 Å². The van der Waals surface area contributed by atoms with Crippen LogP contribution in [-0.4, -0.2) is 11.4 Å². The third-order valence-electron chi connectivity index (χ3n) is 3.63. The molecule has 0 aromatic carbocycles. The molecule has 0 unspecified atom stereocenters. The van der Waals surface area contributed by atoms with Crippen LogP contribution in [-0.2, 0) is 0 Å². The number of hydrogen-bond acceptors (Lipinski definition) is 2. The van der Waals surface area contributed by atoms with Crippen molar-refractivity contribution in [2.45, 2.75) is 46.0 Å². The van der Waals surface area contributed by atoms with Gasteiger partial charge in [0.05, 0.1) is 0 Å². The highest BCUT2D eigenvalue weighted by Gasteiger charge is 2.28. The van der Waals surface area contributed by atoms with Crippen LogP contribution in [0.1, 0.15) is 46.0 Å². The van der Waals surface area contributed by atoms with Gasteiger partial charge in [0.2, 0.25) is 0 Å². The summed E-state index contributed by atoms with van der Waals surface area (Å²) in [7, 11) is 0. The fraction of sp³-hybridized carbons (Fsp3) is 0.769. The molecule has 86 valence electrons. The van der Waals surface area contributed by atoms with Gasteiger partial charge in [0.15, 0.2) is 0 Å². The molecule has 0 heterocycles. The number of hydrogen-bond donors (Lipinski definition) is 1. The number of rotatable bonds is 4. The summed E-state index contributed by atoms with van der Waals surface area (Å²) in [5, 5.41) is 11.4. The number of oxime groups is 1. The second kappa shape index (κ2) is 5.94. The Balaban J connectivity index is 2.50. The molecule has 0 radical (unpaired) electrons. The van der Waals surface area contributed by atoms with E-state index in [4.69, 9.17) is 5.21 Å². The summed E-state index contributed by atoms with van der Waals surface area (Å²) in [6.07, 6.45) is 7.55. The third kappa shape index (κ3) is 3.69. The summed E-state index contributed by atoms with van der Waals surface area (Å²) >= 11 is 0. The highest BCUT2D eigenvalue weighted by Crippen LogP contribution is 2.39. The van der Waals surface area contributed by atoms with Crippen molar-refractivity contribution in [1.29, 1.82) is 0 Å². The van der Waals surface area contributed by atoms with Crippen molar-refractivity contribution in [3.63, 3.8) is 0 Å². The molecule has 15 heavy (non-hydrogen) atoms. The van der Waals surface area contributed by atoms with E-state index in [9.17, 15) is 0 Å². The molecule has 1 rings (SSSR count). The van der Waals surface area contributed by atoms with Gasteiger partial charge in [-0.2, -0.15) is 0 Å². The molecule has 1 N–H and O–H groups in total. The summed E-state index contributed by atoms with van der Waals surface area (Å²) < 4.78 is 0. The van der Waals surface area contributed by atoms with E-state index in [0.717, 1.165) is 24.7 Å². The zero-order valence-electron chi connectivity index (χ0n) is 9.95. The average Bonchev–Trinajstić information content (AvgIpc) is 2.18. The van der Waals surface area contributed by atoms with Crippen molar-refractivity contribution in [3.8, 4) is 0 Å². The van der Waals surface area contributed by atoms with E-state index in [1.165, 1.54) is 24.8 Å². The minimum atomic E-state index is 0.688. The lowest BCUT2D eigenvalue weighted by Crippen LogP contribution is -2.24. The van der Waals surface area contributed by atoms with Crippen LogP contribution in [0.5, 0.6) is 0 Å². The molecule has 2 nitrogen and oxygen atoms in total. The summed E-state index contributed by atoms with van der Waals surface area (Å²) in [6.45, 7) is 8.58. The number of nitrogens with zero attached hydrogens (tertiary/aromatic N) is 1. The molecule has 0 spiro atoms. The van der Waals surface area contributed by atoms with Crippen LogP contribution in [0, 0.1) is 17.8 Å². The van der Waals surface area contributed by atoms with Gasteiger partial charge < -0.3 is 5.21 Å². The first-order valence-corrected chi connectivity index (χ1v) is 5.96. The molecule has 0 saturated heterocycles. The van der Waals surface area contributed by atoms with Crippen LogP contribution < -0.4 is 0 Å². The lowest BCUT2D eigenvalue weighted by Gasteiger charge is -2.35. The Morgan fingerprint density at radius 2 is 2.27 bits per heavy atom. The van der Waals surface area contributed by atoms with E-state index < -0.39 is 0 Å². The predicted octanol–water partition coefficient (Wildman–Crippen LogP) is 3.86. The Morgan fingerprint density at radius 3 is 2.87 bits per heavy atom. The first-order chi connectivity index (χ1) is 7.15. The van der Waals surface area contributed by atoms with E-state index in [1.807, 2.05) is 0 Å². The smallest absolute Gasteiger partial charge is 0.0436 e. The van der Waals surface area contributed by atoms with Gasteiger partial charge in [0.25, 0.3) is 0 Å². The minimum Gasteiger partial charge on any atom is -0.411 e. The van der Waals surface area contributed by atoms with E-state index in [1.54, 1.807) is 6.21 Å². The second-order valence-electron chi connectivity index (χ2n) is 5.01. The van der Waals surface area contributed by atoms with Crippen LogP contribution >= 0.6 is 0 Å². The standard InChI is InChI=1S/C13H23NO/c1-10(2)13-7-6-11(3)9-12(13)5-4-8-14-15/h8,11-13,15H,1,4-7,9H2,2-3H3/b14-8+/t11-,12-,13+/m0/s1. The molecular formula is C13H23NO. The summed E-state index contributed by atoms with van der Waals surface area (Å²) in [5.74, 6) is 2.27. The molecule has 1 aliphatic carbocycles. The highest BCUT2D eigenvalue weighted by molar-refractivity contribution is 5.55. The van der Waals surface area contributed by atoms with Crippen molar-refractivity contribution in [1.82, 2.24) is 0 Å². The molecule has 0 aromatic rings. The van der Waals surface area contributed by atoms with E-state index in [-0.39, 0.29) is 0 Å². The fourth-order valence-corrected chi connectivity index (χ4v) is 2.81. The number of allylic oxidation sites excluding steroid dienone is 1. The van der Waals surface area contributed by atoms with Gasteiger partial charge in [-0.05, 0) is 50.4 Å². The second-order valence-corrected chi connectivity index (χ2v) is 5.01. The maximum Gasteiger partial charge on any atom is 0.0436 e. The largest absolute Gasteiger partial charge is 0.411 e. The van der Waals surface area contributed by atoms with Gasteiger partial charge in [-0.3, -0.25) is 0 Å². The van der Waals surface area contributed by atoms with Gasteiger partial charge in [-0.15, -0.1) is 5.16 Å². The summed E-state index contributed by atoms with van der Waals surface area (Å²) in [4.78, 5) is 0. The molecule has 0 amide bonds. The first kappa shape index (κ1) is 12.3. The zero-order chi connectivity index (χ0) is 11.3. The van der Waals surface area contributed by atoms with Crippen molar-refractivity contribution in [2.24, 2.45) is 22.9 Å². The van der Waals surface area contributed by atoms with Crippen LogP contribution in [0.2, 0.25) is 0 Å². The normalized spacial score (nSPS) is 32.0. The molecule has 0 aliphatic heterocycles. The molecule has 1 saturated carbocycles. The average molecular weight is 209 g/mol. The lowest BCUT2D eigenvalue weighted by atomic mass is 9.70. The SMILES string of the molecule is C=C(C)[C@H]1CC[C@H](C)C[C@@H]1CC/C=N/O. The fourth-order valence-electron chi connectivity index (χ4n) is 2.81. The Kier molecular flexibility index (Phi) is 4.86. The molecule has 1 fully saturated rings. The van der Waals surface area contributed by atoms with Gasteiger partial charge in [-0.1, -0.05) is 25.5 Å². The maximum atomic E-state index is 8.37. The van der Waals surface area contributed by atoms with Crippen molar-refractivity contribution >= 4 is 6.21 Å². The molecule has 3 atom stereocenters. The van der Waals surface area contributed by atoms with E-state index in [0.29, 0.717) is 5.92 Å². The monoisotopic (exact) mass is 209 g/mol. The van der Waals surface area contributed by atoms with Crippen LogP contribution in [0.25, 0.3) is 0 Å². The Morgan fingerprint density at radius 1 is 1.53 bits per heavy atom. The first-order valence-electron chi connectivity index (χ1n) is 5.96.